The van der Waals surface area contributed by atoms with E-state index in [-0.39, 0.29) is 5.91 Å². The largest absolute Gasteiger partial charge is 0.486 e. The van der Waals surface area contributed by atoms with Crippen LogP contribution in [-0.4, -0.2) is 24.1 Å². The standard InChI is InChI=1S/C22H19ClN2O3S/c1-13-5-6-15(10-14(13)2)29-22-16(4-3-7-24-22)21(26)25-18-12-20-19(11-17(18)23)27-8-9-28-20/h3-7,10-12H,8-9H2,1-2H3,(H,25,26). The summed E-state index contributed by atoms with van der Waals surface area (Å²) in [6.45, 7) is 5.07. The van der Waals surface area contributed by atoms with E-state index in [0.717, 1.165) is 4.90 Å². The minimum atomic E-state index is -0.289. The second kappa shape index (κ2) is 8.35. The zero-order chi connectivity index (χ0) is 20.4. The minimum Gasteiger partial charge on any atom is -0.486 e. The van der Waals surface area contributed by atoms with Crippen molar-refractivity contribution in [2.24, 2.45) is 0 Å². The molecule has 0 aliphatic carbocycles. The van der Waals surface area contributed by atoms with Crippen molar-refractivity contribution >= 4 is 35.0 Å². The van der Waals surface area contributed by atoms with Gasteiger partial charge in [-0.3, -0.25) is 4.79 Å². The Bertz CT molecular complexity index is 1090. The molecule has 0 saturated heterocycles. The number of ether oxygens (including phenoxy) is 2. The van der Waals surface area contributed by atoms with E-state index < -0.39 is 0 Å². The molecular formula is C22H19ClN2O3S. The fourth-order valence-electron chi connectivity index (χ4n) is 2.88. The van der Waals surface area contributed by atoms with E-state index >= 15 is 0 Å². The third-order valence-corrected chi connectivity index (χ3v) is 5.91. The predicted molar refractivity (Wildman–Crippen MR) is 115 cm³/mol. The van der Waals surface area contributed by atoms with Gasteiger partial charge in [-0.05, 0) is 49.2 Å². The van der Waals surface area contributed by atoms with Crippen molar-refractivity contribution in [3.63, 3.8) is 0 Å². The average Bonchev–Trinajstić information content (AvgIpc) is 2.71. The van der Waals surface area contributed by atoms with E-state index in [1.807, 2.05) is 6.07 Å². The maximum Gasteiger partial charge on any atom is 0.258 e. The molecule has 1 aromatic heterocycles. The lowest BCUT2D eigenvalue weighted by Gasteiger charge is -2.20. The molecule has 0 radical (unpaired) electrons. The number of aryl methyl sites for hydroxylation is 2. The third-order valence-electron chi connectivity index (χ3n) is 4.59. The molecule has 0 fully saturated rings. The van der Waals surface area contributed by atoms with Gasteiger partial charge in [-0.2, -0.15) is 0 Å². The zero-order valence-corrected chi connectivity index (χ0v) is 17.6. The Morgan fingerprint density at radius 1 is 1.07 bits per heavy atom. The third kappa shape index (κ3) is 4.33. The van der Waals surface area contributed by atoms with Crippen LogP contribution in [0.15, 0.2) is 58.6 Å². The molecule has 0 spiro atoms. The number of halogens is 1. The number of nitrogens with zero attached hydrogens (tertiary/aromatic N) is 1. The Morgan fingerprint density at radius 3 is 2.59 bits per heavy atom. The maximum atomic E-state index is 13.0. The fourth-order valence-corrected chi connectivity index (χ4v) is 4.06. The van der Waals surface area contributed by atoms with Gasteiger partial charge in [-0.15, -0.1) is 0 Å². The van der Waals surface area contributed by atoms with Gasteiger partial charge in [0.1, 0.15) is 18.2 Å². The van der Waals surface area contributed by atoms with E-state index in [1.54, 1.807) is 30.5 Å². The van der Waals surface area contributed by atoms with E-state index in [9.17, 15) is 4.79 Å². The van der Waals surface area contributed by atoms with Crippen LogP contribution in [0.2, 0.25) is 5.02 Å². The quantitative estimate of drug-likeness (QED) is 0.594. The summed E-state index contributed by atoms with van der Waals surface area (Å²) in [6, 6.07) is 13.0. The van der Waals surface area contributed by atoms with Crippen LogP contribution < -0.4 is 14.8 Å². The van der Waals surface area contributed by atoms with Gasteiger partial charge in [0, 0.05) is 23.2 Å². The summed E-state index contributed by atoms with van der Waals surface area (Å²) in [5.41, 5.74) is 3.36. The number of nitrogens with one attached hydrogen (secondary N) is 1. The highest BCUT2D eigenvalue weighted by Gasteiger charge is 2.19. The molecule has 2 aromatic carbocycles. The number of anilines is 1. The SMILES string of the molecule is Cc1ccc(Sc2ncccc2C(=O)Nc2cc3c(cc2Cl)OCCO3)cc1C. The van der Waals surface area contributed by atoms with Crippen molar-refractivity contribution in [2.75, 3.05) is 18.5 Å². The van der Waals surface area contributed by atoms with Crippen molar-refractivity contribution < 1.29 is 14.3 Å². The summed E-state index contributed by atoms with van der Waals surface area (Å²) < 4.78 is 11.1. The lowest BCUT2D eigenvalue weighted by atomic mass is 10.1. The highest BCUT2D eigenvalue weighted by molar-refractivity contribution is 7.99. The molecule has 4 rings (SSSR count). The van der Waals surface area contributed by atoms with E-state index in [2.05, 4.69) is 36.3 Å². The van der Waals surface area contributed by atoms with Crippen LogP contribution in [0.4, 0.5) is 5.69 Å². The Labute approximate surface area is 178 Å². The van der Waals surface area contributed by atoms with Crippen molar-refractivity contribution in [2.45, 2.75) is 23.8 Å². The molecule has 5 nitrogen and oxygen atoms in total. The normalized spacial score (nSPS) is 12.5. The van der Waals surface area contributed by atoms with Crippen LogP contribution in [0.25, 0.3) is 0 Å². The summed E-state index contributed by atoms with van der Waals surface area (Å²) in [5, 5.41) is 3.87. The number of rotatable bonds is 4. The van der Waals surface area contributed by atoms with Crippen molar-refractivity contribution in [3.8, 4) is 11.5 Å². The van der Waals surface area contributed by atoms with Gasteiger partial charge < -0.3 is 14.8 Å². The summed E-state index contributed by atoms with van der Waals surface area (Å²) >= 11 is 7.78. The molecule has 0 atom stereocenters. The van der Waals surface area contributed by atoms with Crippen molar-refractivity contribution in [3.05, 3.63) is 70.4 Å². The molecule has 0 saturated carbocycles. The highest BCUT2D eigenvalue weighted by atomic mass is 35.5. The van der Waals surface area contributed by atoms with Crippen LogP contribution in [0, 0.1) is 13.8 Å². The fraction of sp³-hybridized carbons (Fsp3) is 0.182. The minimum absolute atomic E-state index is 0.289. The number of pyridine rings is 1. The summed E-state index contributed by atoms with van der Waals surface area (Å²) in [5.74, 6) is 0.849. The van der Waals surface area contributed by atoms with Gasteiger partial charge in [-0.25, -0.2) is 4.98 Å². The molecule has 29 heavy (non-hydrogen) atoms. The maximum absolute atomic E-state index is 13.0. The van der Waals surface area contributed by atoms with Gasteiger partial charge >= 0.3 is 0 Å². The van der Waals surface area contributed by atoms with Gasteiger partial charge in [0.25, 0.3) is 5.91 Å². The van der Waals surface area contributed by atoms with Gasteiger partial charge in [-0.1, -0.05) is 29.4 Å². The van der Waals surface area contributed by atoms with E-state index in [1.165, 1.54) is 22.9 Å². The summed E-state index contributed by atoms with van der Waals surface area (Å²) in [6.07, 6.45) is 1.68. The molecule has 3 aromatic rings. The van der Waals surface area contributed by atoms with Crippen LogP contribution in [-0.2, 0) is 0 Å². The molecule has 7 heteroatoms. The number of hydrogen-bond donors (Lipinski definition) is 1. The smallest absolute Gasteiger partial charge is 0.258 e. The summed E-state index contributed by atoms with van der Waals surface area (Å²) in [4.78, 5) is 18.4. The second-order valence-corrected chi connectivity index (χ2v) is 8.10. The molecule has 1 aliphatic rings. The van der Waals surface area contributed by atoms with Crippen molar-refractivity contribution in [1.82, 2.24) is 4.98 Å². The van der Waals surface area contributed by atoms with Crippen molar-refractivity contribution in [1.29, 1.82) is 0 Å². The van der Waals surface area contributed by atoms with Crippen LogP contribution in [0.5, 0.6) is 11.5 Å². The van der Waals surface area contributed by atoms with E-state index in [0.29, 0.717) is 46.0 Å². The first-order valence-electron chi connectivity index (χ1n) is 9.12. The molecular weight excluding hydrogens is 408 g/mol. The van der Waals surface area contributed by atoms with E-state index in [4.69, 9.17) is 21.1 Å². The Balaban J connectivity index is 1.59. The molecule has 1 N–H and O–H groups in total. The molecule has 1 amide bonds. The predicted octanol–water partition coefficient (Wildman–Crippen LogP) is 5.53. The number of carbonyl (C=O) groups excluding carboxylic acids is 1. The number of carbonyl (C=O) groups is 1. The topological polar surface area (TPSA) is 60.5 Å². The number of aromatic nitrogens is 1. The lowest BCUT2D eigenvalue weighted by molar-refractivity contribution is 0.102. The first kappa shape index (κ1) is 19.6. The number of benzene rings is 2. The number of fused-ring (bicyclic) bond motifs is 1. The Morgan fingerprint density at radius 2 is 1.83 bits per heavy atom. The molecule has 2 heterocycles. The van der Waals surface area contributed by atoms with Gasteiger partial charge in [0.2, 0.25) is 0 Å². The average molecular weight is 427 g/mol. The zero-order valence-electron chi connectivity index (χ0n) is 16.0. The molecule has 148 valence electrons. The lowest BCUT2D eigenvalue weighted by Crippen LogP contribution is -2.17. The molecule has 0 bridgehead atoms. The molecule has 1 aliphatic heterocycles. The summed E-state index contributed by atoms with van der Waals surface area (Å²) in [7, 11) is 0. The second-order valence-electron chi connectivity index (χ2n) is 6.63. The Kier molecular flexibility index (Phi) is 5.65. The molecule has 0 unspecified atom stereocenters. The number of hydrogen-bond acceptors (Lipinski definition) is 5. The first-order chi connectivity index (χ1) is 14.0. The van der Waals surface area contributed by atoms with Crippen LogP contribution in [0.3, 0.4) is 0 Å². The monoisotopic (exact) mass is 426 g/mol. The first-order valence-corrected chi connectivity index (χ1v) is 10.3. The van der Waals surface area contributed by atoms with Gasteiger partial charge in [0.05, 0.1) is 16.3 Å². The Hall–Kier alpha value is -2.70. The van der Waals surface area contributed by atoms with Gasteiger partial charge in [0.15, 0.2) is 11.5 Å². The van der Waals surface area contributed by atoms with Crippen LogP contribution >= 0.6 is 23.4 Å². The van der Waals surface area contributed by atoms with Crippen LogP contribution in [0.1, 0.15) is 21.5 Å². The number of amides is 1. The highest BCUT2D eigenvalue weighted by Crippen LogP contribution is 2.38.